The molecule has 2 aromatic rings. The minimum atomic E-state index is -5.16. The number of hydrogen-bond donors (Lipinski definition) is 4. The summed E-state index contributed by atoms with van der Waals surface area (Å²) in [6.07, 6.45) is 1.94. The quantitative estimate of drug-likeness (QED) is 0.323. The Hall–Kier alpha value is -2.12. The molecule has 1 aliphatic carbocycles. The van der Waals surface area contributed by atoms with E-state index in [0.717, 1.165) is 12.8 Å². The van der Waals surface area contributed by atoms with Crippen LogP contribution in [0.4, 0.5) is 21.5 Å². The molecule has 1 amide bonds. The molecule has 138 valence electrons. The van der Waals surface area contributed by atoms with E-state index in [-0.39, 0.29) is 21.8 Å². The van der Waals surface area contributed by atoms with Gasteiger partial charge in [-0.3, -0.25) is 0 Å². The molecule has 2 aromatic carbocycles. The molecule has 1 fully saturated rings. The zero-order valence-corrected chi connectivity index (χ0v) is 15.8. The number of carbonyl (C=O) groups excluding carboxylic acids is 1. The van der Waals surface area contributed by atoms with Crippen molar-refractivity contribution in [2.24, 2.45) is 0 Å². The van der Waals surface area contributed by atoms with Crippen LogP contribution in [0.3, 0.4) is 0 Å². The summed E-state index contributed by atoms with van der Waals surface area (Å²) in [6, 6.07) is 8.95. The number of rotatable bonds is 6. The van der Waals surface area contributed by atoms with Crippen LogP contribution in [-0.4, -0.2) is 29.4 Å². The van der Waals surface area contributed by atoms with Crippen LogP contribution in [0.25, 0.3) is 0 Å². The minimum absolute atomic E-state index is 0.0473. The monoisotopic (exact) mass is 424 g/mol. The first kappa shape index (κ1) is 18.7. The van der Waals surface area contributed by atoms with Gasteiger partial charge in [0.15, 0.2) is 0 Å². The van der Waals surface area contributed by atoms with Crippen molar-refractivity contribution in [1.82, 2.24) is 0 Å². The van der Waals surface area contributed by atoms with Crippen molar-refractivity contribution in [3.8, 4) is 0 Å². The maximum absolute atomic E-state index is 13.9. The number of amides is 1. The fourth-order valence-electron chi connectivity index (χ4n) is 2.69. The van der Waals surface area contributed by atoms with Crippen LogP contribution in [-0.2, 0) is 12.4 Å². The van der Waals surface area contributed by atoms with E-state index in [1.54, 1.807) is 12.1 Å². The van der Waals surface area contributed by atoms with Crippen LogP contribution in [0.5, 0.6) is 0 Å². The topological polar surface area (TPSA) is 108 Å². The van der Waals surface area contributed by atoms with Crippen LogP contribution in [0, 0.1) is 5.82 Å². The van der Waals surface area contributed by atoms with Crippen molar-refractivity contribution in [2.75, 3.05) is 10.6 Å². The zero-order chi connectivity index (χ0) is 18.9. The fourth-order valence-corrected chi connectivity index (χ4v) is 4.32. The summed E-state index contributed by atoms with van der Waals surface area (Å²) in [5, 5.41) is 14.2. The molecular weight excluding hydrogens is 406 g/mol. The van der Waals surface area contributed by atoms with Gasteiger partial charge >= 0.3 is 152 Å². The van der Waals surface area contributed by atoms with Gasteiger partial charge in [0, 0.05) is 0 Å². The summed E-state index contributed by atoms with van der Waals surface area (Å²) in [6.45, 7) is 1.25. The Morgan fingerprint density at radius 3 is 2.50 bits per heavy atom. The van der Waals surface area contributed by atoms with Gasteiger partial charge in [0.2, 0.25) is 0 Å². The second-order valence-electron chi connectivity index (χ2n) is 6.15. The van der Waals surface area contributed by atoms with Gasteiger partial charge in [-0.25, -0.2) is 0 Å². The van der Waals surface area contributed by atoms with Gasteiger partial charge in [-0.1, -0.05) is 0 Å². The maximum atomic E-state index is 13.9. The number of nitrogens with one attached hydrogen (secondary N) is 2. The third-order valence-corrected chi connectivity index (χ3v) is 6.58. The number of anilines is 3. The Bertz CT molecular complexity index is 901. The molecule has 0 heterocycles. The van der Waals surface area contributed by atoms with Gasteiger partial charge in [-0.15, -0.1) is 0 Å². The van der Waals surface area contributed by atoms with Crippen LogP contribution in [0.2, 0.25) is 0 Å². The molecule has 3 rings (SSSR count). The molecule has 0 aliphatic heterocycles. The first-order valence-corrected chi connectivity index (χ1v) is 11.3. The number of hydrogen-bond acceptors (Lipinski definition) is 5. The van der Waals surface area contributed by atoms with Crippen molar-refractivity contribution in [3.63, 3.8) is 0 Å². The Morgan fingerprint density at radius 1 is 1.23 bits per heavy atom. The second kappa shape index (κ2) is 7.25. The van der Waals surface area contributed by atoms with E-state index >= 15 is 0 Å². The Kier molecular flexibility index (Phi) is 5.20. The third kappa shape index (κ3) is 4.16. The SMILES string of the molecule is CC(=O)Nc1cc(Nc2ccc(F)c(C3CC3)c2)ccc1[As](=O)(O)OO. The standard InChI is InChI=1S/C17H18AsFN2O5/c1-10(22)20-17-9-13(4-6-15(17)18(23,24)26-25)21-12-5-7-16(19)14(8-12)11-2-3-11/h4-9,11,21,25H,2-3H2,1H3,(H,20,22)(H,23,24). The molecule has 0 bridgehead atoms. The average molecular weight is 424 g/mol. The molecule has 0 radical (unpaired) electrons. The predicted octanol–water partition coefficient (Wildman–Crippen LogP) is 2.46. The van der Waals surface area contributed by atoms with Crippen LogP contribution >= 0.6 is 0 Å². The molecule has 1 saturated carbocycles. The first-order chi connectivity index (χ1) is 12.3. The van der Waals surface area contributed by atoms with Gasteiger partial charge < -0.3 is 0 Å². The number of carbonyl (C=O) groups is 1. The van der Waals surface area contributed by atoms with Crippen LogP contribution < -0.4 is 15.0 Å². The van der Waals surface area contributed by atoms with E-state index in [1.165, 1.54) is 31.2 Å². The summed E-state index contributed by atoms with van der Waals surface area (Å²) in [5.74, 6) is -0.440. The normalized spacial score (nSPS) is 16.0. The summed E-state index contributed by atoms with van der Waals surface area (Å²) >= 11 is -5.16. The van der Waals surface area contributed by atoms with E-state index in [1.807, 2.05) is 0 Å². The van der Waals surface area contributed by atoms with Crippen molar-refractivity contribution in [3.05, 3.63) is 47.8 Å². The molecule has 9 heteroatoms. The molecule has 1 aliphatic rings. The molecule has 1 atom stereocenters. The molecular formula is C17H18AsFN2O5. The van der Waals surface area contributed by atoms with Gasteiger partial charge in [-0.2, -0.15) is 0 Å². The van der Waals surface area contributed by atoms with E-state index in [4.69, 9.17) is 5.26 Å². The van der Waals surface area contributed by atoms with Gasteiger partial charge in [-0.05, 0) is 0 Å². The van der Waals surface area contributed by atoms with E-state index in [0.29, 0.717) is 16.9 Å². The van der Waals surface area contributed by atoms with Crippen molar-refractivity contribution in [1.29, 1.82) is 0 Å². The summed E-state index contributed by atoms with van der Waals surface area (Å²) in [4.78, 5) is 11.4. The Morgan fingerprint density at radius 2 is 1.88 bits per heavy atom. The predicted molar refractivity (Wildman–Crippen MR) is 94.4 cm³/mol. The Balaban J connectivity index is 1.92. The molecule has 7 nitrogen and oxygen atoms in total. The van der Waals surface area contributed by atoms with Crippen LogP contribution in [0.1, 0.15) is 31.2 Å². The van der Waals surface area contributed by atoms with Crippen molar-refractivity contribution < 1.29 is 26.2 Å². The molecule has 4 N–H and O–H groups in total. The first-order valence-electron chi connectivity index (χ1n) is 7.95. The Labute approximate surface area is 152 Å². The second-order valence-corrected chi connectivity index (χ2v) is 9.69. The molecule has 0 aromatic heterocycles. The molecule has 0 saturated heterocycles. The summed E-state index contributed by atoms with van der Waals surface area (Å²) in [5.41, 5.74) is 1.88. The fraction of sp³-hybridized carbons (Fsp3) is 0.235. The molecule has 1 unspecified atom stereocenters. The van der Waals surface area contributed by atoms with Crippen LogP contribution in [0.15, 0.2) is 36.4 Å². The van der Waals surface area contributed by atoms with E-state index in [9.17, 15) is 17.0 Å². The number of halogens is 1. The zero-order valence-electron chi connectivity index (χ0n) is 13.9. The van der Waals surface area contributed by atoms with Gasteiger partial charge in [0.05, 0.1) is 0 Å². The average Bonchev–Trinajstić information content (AvgIpc) is 3.41. The van der Waals surface area contributed by atoms with Gasteiger partial charge in [0.25, 0.3) is 0 Å². The van der Waals surface area contributed by atoms with Gasteiger partial charge in [0.1, 0.15) is 0 Å². The van der Waals surface area contributed by atoms with Crippen molar-refractivity contribution in [2.45, 2.75) is 25.7 Å². The van der Waals surface area contributed by atoms with Crippen molar-refractivity contribution >= 4 is 41.5 Å². The third-order valence-electron chi connectivity index (χ3n) is 4.02. The number of benzene rings is 2. The molecule has 0 spiro atoms. The molecule has 26 heavy (non-hydrogen) atoms. The summed E-state index contributed by atoms with van der Waals surface area (Å²) in [7, 11) is 0. The van der Waals surface area contributed by atoms with E-state index in [2.05, 4.69) is 14.5 Å². The van der Waals surface area contributed by atoms with E-state index < -0.39 is 20.1 Å². The summed E-state index contributed by atoms with van der Waals surface area (Å²) < 4.78 is 39.1.